The summed E-state index contributed by atoms with van der Waals surface area (Å²) < 4.78 is 33.6. The van der Waals surface area contributed by atoms with Crippen molar-refractivity contribution in [1.82, 2.24) is 4.98 Å². The first-order valence-corrected chi connectivity index (χ1v) is 10.5. The molecule has 0 aliphatic rings. The van der Waals surface area contributed by atoms with Gasteiger partial charge in [-0.1, -0.05) is 56.5 Å². The molecule has 0 bridgehead atoms. The van der Waals surface area contributed by atoms with Crippen molar-refractivity contribution in [1.29, 1.82) is 0 Å². The highest BCUT2D eigenvalue weighted by Gasteiger charge is 2.12. The number of ether oxygens (including phenoxy) is 1. The summed E-state index contributed by atoms with van der Waals surface area (Å²) in [6.45, 7) is 2.41. The molecule has 3 rings (SSSR count). The number of hydrogen-bond donors (Lipinski definition) is 1. The average molecular weight is 416 g/mol. The van der Waals surface area contributed by atoms with E-state index in [-0.39, 0.29) is 5.75 Å². The van der Waals surface area contributed by atoms with Gasteiger partial charge in [-0.15, -0.1) is 11.3 Å². The lowest BCUT2D eigenvalue weighted by molar-refractivity contribution is 0.275. The molecule has 0 radical (unpaired) electrons. The second-order valence-corrected chi connectivity index (χ2v) is 7.35. The second-order valence-electron chi connectivity index (χ2n) is 6.50. The highest BCUT2D eigenvalue weighted by Crippen LogP contribution is 2.25. The quantitative estimate of drug-likeness (QED) is 0.234. The standard InChI is InChI=1S/C22H23F2N3OS/c1-2-3-4-8-11-28-21-18(23)12-16(13-19(21)24)14-25-27-22-26-20(15-29-22)17-9-6-5-7-10-17/h5-7,9-10,12-15H,2-4,8,11H2,1H3,(H,26,27). The molecule has 0 spiro atoms. The third kappa shape index (κ3) is 6.09. The predicted octanol–water partition coefficient (Wildman–Crippen LogP) is 6.49. The van der Waals surface area contributed by atoms with Crippen molar-refractivity contribution in [2.45, 2.75) is 32.6 Å². The monoisotopic (exact) mass is 415 g/mol. The maximum absolute atomic E-state index is 14.2. The number of nitrogens with one attached hydrogen (secondary N) is 1. The molecule has 1 heterocycles. The van der Waals surface area contributed by atoms with Crippen LogP contribution in [-0.2, 0) is 0 Å². The van der Waals surface area contributed by atoms with Crippen molar-refractivity contribution in [2.24, 2.45) is 5.10 Å². The Balaban J connectivity index is 1.57. The Morgan fingerprint density at radius 3 is 2.59 bits per heavy atom. The smallest absolute Gasteiger partial charge is 0.203 e. The van der Waals surface area contributed by atoms with Gasteiger partial charge in [-0.3, -0.25) is 5.43 Å². The zero-order valence-electron chi connectivity index (χ0n) is 16.2. The van der Waals surface area contributed by atoms with E-state index in [2.05, 4.69) is 22.4 Å². The largest absolute Gasteiger partial charge is 0.488 e. The zero-order chi connectivity index (χ0) is 20.5. The van der Waals surface area contributed by atoms with E-state index in [9.17, 15) is 8.78 Å². The Morgan fingerprint density at radius 1 is 1.10 bits per heavy atom. The number of hydrazone groups is 1. The molecular formula is C22H23F2N3OS. The molecule has 4 nitrogen and oxygen atoms in total. The van der Waals surface area contributed by atoms with E-state index in [1.807, 2.05) is 35.7 Å². The summed E-state index contributed by atoms with van der Waals surface area (Å²) in [4.78, 5) is 4.44. The van der Waals surface area contributed by atoms with Crippen LogP contribution in [0, 0.1) is 11.6 Å². The van der Waals surface area contributed by atoms with Gasteiger partial charge in [0, 0.05) is 16.5 Å². The van der Waals surface area contributed by atoms with Gasteiger partial charge < -0.3 is 4.74 Å². The van der Waals surface area contributed by atoms with Crippen molar-refractivity contribution in [3.63, 3.8) is 0 Å². The second kappa shape index (κ2) is 10.7. The normalized spacial score (nSPS) is 11.1. The highest BCUT2D eigenvalue weighted by atomic mass is 32.1. The number of benzene rings is 2. The minimum Gasteiger partial charge on any atom is -0.488 e. The molecule has 152 valence electrons. The van der Waals surface area contributed by atoms with Crippen molar-refractivity contribution in [2.75, 3.05) is 12.0 Å². The summed E-state index contributed by atoms with van der Waals surface area (Å²) in [5.74, 6) is -1.80. The average Bonchev–Trinajstić information content (AvgIpc) is 3.19. The van der Waals surface area contributed by atoms with Crippen LogP contribution in [0.1, 0.15) is 38.2 Å². The molecule has 29 heavy (non-hydrogen) atoms. The molecule has 0 unspecified atom stereocenters. The molecule has 0 saturated carbocycles. The molecule has 7 heteroatoms. The van der Waals surface area contributed by atoms with Gasteiger partial charge in [-0.05, 0) is 18.6 Å². The topological polar surface area (TPSA) is 46.5 Å². The van der Waals surface area contributed by atoms with Gasteiger partial charge >= 0.3 is 0 Å². The Morgan fingerprint density at radius 2 is 1.86 bits per heavy atom. The summed E-state index contributed by atoms with van der Waals surface area (Å²) >= 11 is 1.40. The molecule has 1 aromatic heterocycles. The molecule has 0 aliphatic carbocycles. The maximum Gasteiger partial charge on any atom is 0.203 e. The molecule has 0 saturated heterocycles. The number of aromatic nitrogens is 1. The van der Waals surface area contributed by atoms with E-state index >= 15 is 0 Å². The fraction of sp³-hybridized carbons (Fsp3) is 0.273. The Hall–Kier alpha value is -2.80. The fourth-order valence-corrected chi connectivity index (χ4v) is 3.39. The third-order valence-corrected chi connectivity index (χ3v) is 4.96. The Labute approximate surface area is 173 Å². The Kier molecular flexibility index (Phi) is 7.69. The molecular weight excluding hydrogens is 392 g/mol. The van der Waals surface area contributed by atoms with Gasteiger partial charge in [0.05, 0.1) is 18.5 Å². The van der Waals surface area contributed by atoms with E-state index < -0.39 is 11.6 Å². The lowest BCUT2D eigenvalue weighted by Crippen LogP contribution is -2.03. The van der Waals surface area contributed by atoms with Gasteiger partial charge in [0.15, 0.2) is 17.4 Å². The van der Waals surface area contributed by atoms with Crippen molar-refractivity contribution < 1.29 is 13.5 Å². The third-order valence-electron chi connectivity index (χ3n) is 4.21. The van der Waals surface area contributed by atoms with E-state index in [4.69, 9.17) is 4.74 Å². The van der Waals surface area contributed by atoms with Crippen molar-refractivity contribution in [3.05, 3.63) is 65.0 Å². The van der Waals surface area contributed by atoms with E-state index in [1.54, 1.807) is 0 Å². The zero-order valence-corrected chi connectivity index (χ0v) is 17.0. The summed E-state index contributed by atoms with van der Waals surface area (Å²) in [6, 6.07) is 12.2. The summed E-state index contributed by atoms with van der Waals surface area (Å²) in [7, 11) is 0. The van der Waals surface area contributed by atoms with Crippen LogP contribution in [0.2, 0.25) is 0 Å². The fourth-order valence-electron chi connectivity index (χ4n) is 2.72. The highest BCUT2D eigenvalue weighted by molar-refractivity contribution is 7.14. The molecule has 3 aromatic rings. The van der Waals surface area contributed by atoms with Crippen molar-refractivity contribution >= 4 is 22.7 Å². The molecule has 0 fully saturated rings. The molecule has 0 atom stereocenters. The lowest BCUT2D eigenvalue weighted by Gasteiger charge is -2.09. The van der Waals surface area contributed by atoms with E-state index in [1.165, 1.54) is 29.7 Å². The van der Waals surface area contributed by atoms with Crippen LogP contribution in [0.25, 0.3) is 11.3 Å². The molecule has 1 N–H and O–H groups in total. The number of unbranched alkanes of at least 4 members (excludes halogenated alkanes) is 3. The number of thiazole rings is 1. The number of hydrogen-bond acceptors (Lipinski definition) is 5. The van der Waals surface area contributed by atoms with Gasteiger partial charge in [0.1, 0.15) is 0 Å². The molecule has 2 aromatic carbocycles. The SMILES string of the molecule is CCCCCCOc1c(F)cc(C=NNc2nc(-c3ccccc3)cs2)cc1F. The first-order chi connectivity index (χ1) is 14.2. The van der Waals surface area contributed by atoms with E-state index in [0.29, 0.717) is 17.3 Å². The molecule has 0 aliphatic heterocycles. The van der Waals surface area contributed by atoms with Crippen LogP contribution in [0.5, 0.6) is 5.75 Å². The number of rotatable bonds is 10. The predicted molar refractivity (Wildman–Crippen MR) is 115 cm³/mol. The maximum atomic E-state index is 14.2. The van der Waals surface area contributed by atoms with Crippen molar-refractivity contribution in [3.8, 4) is 17.0 Å². The van der Waals surface area contributed by atoms with Gasteiger partial charge in [-0.25, -0.2) is 13.8 Å². The van der Waals surface area contributed by atoms with Crippen LogP contribution in [0.15, 0.2) is 52.9 Å². The number of nitrogens with zero attached hydrogens (tertiary/aromatic N) is 2. The first kappa shape index (κ1) is 20.9. The van der Waals surface area contributed by atoms with Crippen LogP contribution in [0.4, 0.5) is 13.9 Å². The van der Waals surface area contributed by atoms with Gasteiger partial charge in [-0.2, -0.15) is 5.10 Å². The van der Waals surface area contributed by atoms with Crippen LogP contribution in [0.3, 0.4) is 0 Å². The number of halogens is 2. The van der Waals surface area contributed by atoms with E-state index in [0.717, 1.165) is 36.9 Å². The minimum absolute atomic E-state index is 0.297. The van der Waals surface area contributed by atoms with Gasteiger partial charge in [0.25, 0.3) is 0 Å². The summed E-state index contributed by atoms with van der Waals surface area (Å²) in [5.41, 5.74) is 4.94. The lowest BCUT2D eigenvalue weighted by atomic mass is 10.2. The Bertz CT molecular complexity index is 921. The van der Waals surface area contributed by atoms with Gasteiger partial charge in [0.2, 0.25) is 5.13 Å². The first-order valence-electron chi connectivity index (χ1n) is 9.59. The van der Waals surface area contributed by atoms with Crippen LogP contribution < -0.4 is 10.2 Å². The van der Waals surface area contributed by atoms with Crippen LogP contribution in [-0.4, -0.2) is 17.8 Å². The summed E-state index contributed by atoms with van der Waals surface area (Å²) in [5, 5.41) is 6.53. The van der Waals surface area contributed by atoms with Crippen LogP contribution >= 0.6 is 11.3 Å². The molecule has 0 amide bonds. The summed E-state index contributed by atoms with van der Waals surface area (Å²) in [6.07, 6.45) is 5.29. The number of anilines is 1. The minimum atomic E-state index is -0.734.